The fraction of sp³-hybridized carbons (Fsp3) is 0.500. The maximum Gasteiger partial charge on any atom is 0.250 e. The Kier molecular flexibility index (Phi) is 3.84. The van der Waals surface area contributed by atoms with Gasteiger partial charge in [0, 0.05) is 0 Å². The Hall–Kier alpha value is -1.64. The summed E-state index contributed by atoms with van der Waals surface area (Å²) in [6, 6.07) is 6.02. The summed E-state index contributed by atoms with van der Waals surface area (Å²) >= 11 is 0. The number of carbonyl (C=O) groups excluding carboxylic acids is 1. The zero-order valence-electron chi connectivity index (χ0n) is 11.9. The number of hydrogen-bond acceptors (Lipinski definition) is 6. The number of amides is 1. The van der Waals surface area contributed by atoms with Crippen LogP contribution < -0.4 is 10.2 Å². The van der Waals surface area contributed by atoms with Crippen molar-refractivity contribution in [2.45, 2.75) is 35.2 Å². The van der Waals surface area contributed by atoms with E-state index >= 15 is 0 Å². The minimum atomic E-state index is -3.75. The summed E-state index contributed by atoms with van der Waals surface area (Å²) in [6.45, 7) is 0. The van der Waals surface area contributed by atoms with Crippen molar-refractivity contribution in [3.05, 3.63) is 24.3 Å². The monoisotopic (exact) mass is 327 g/mol. The number of hydrogen-bond donors (Lipinski definition) is 2. The van der Waals surface area contributed by atoms with E-state index in [0.29, 0.717) is 18.6 Å². The second-order valence-electron chi connectivity index (χ2n) is 5.48. The highest BCUT2D eigenvalue weighted by Crippen LogP contribution is 2.44. The molecule has 1 aromatic rings. The molecule has 0 saturated carbocycles. The van der Waals surface area contributed by atoms with Gasteiger partial charge in [-0.25, -0.2) is 13.9 Å². The lowest BCUT2D eigenvalue weighted by Gasteiger charge is -2.26. The summed E-state index contributed by atoms with van der Waals surface area (Å²) in [7, 11) is -2.26. The van der Waals surface area contributed by atoms with Crippen LogP contribution in [0.25, 0.3) is 0 Å². The molecule has 0 radical (unpaired) electrons. The Morgan fingerprint density at radius 1 is 1.27 bits per heavy atom. The predicted octanol–water partition coefficient (Wildman–Crippen LogP) is 0.520. The van der Waals surface area contributed by atoms with Crippen molar-refractivity contribution in [1.82, 2.24) is 5.48 Å². The summed E-state index contributed by atoms with van der Waals surface area (Å²) in [6.07, 6.45) is 0.242. The first kappa shape index (κ1) is 15.3. The molecule has 3 rings (SSSR count). The lowest BCUT2D eigenvalue weighted by atomic mass is 9.88. The van der Waals surface area contributed by atoms with Gasteiger partial charge < -0.3 is 9.47 Å². The quantitative estimate of drug-likeness (QED) is 0.617. The molecule has 0 spiro atoms. The maximum absolute atomic E-state index is 12.9. The second kappa shape index (κ2) is 5.53. The number of nitrogens with one attached hydrogen (secondary N) is 1. The minimum Gasteiger partial charge on any atom is -0.497 e. The summed E-state index contributed by atoms with van der Waals surface area (Å²) in [5.74, 6) is -1.06. The molecule has 2 aliphatic heterocycles. The Labute approximate surface area is 128 Å². The molecule has 120 valence electrons. The van der Waals surface area contributed by atoms with Crippen molar-refractivity contribution in [2.75, 3.05) is 7.11 Å². The number of ether oxygens (including phenoxy) is 2. The van der Waals surface area contributed by atoms with Gasteiger partial charge in [-0.05, 0) is 37.1 Å². The third-order valence-electron chi connectivity index (χ3n) is 4.37. The first-order valence-corrected chi connectivity index (χ1v) is 8.51. The lowest BCUT2D eigenvalue weighted by molar-refractivity contribution is -0.134. The normalized spacial score (nSPS) is 30.3. The van der Waals surface area contributed by atoms with E-state index in [2.05, 4.69) is 0 Å². The van der Waals surface area contributed by atoms with Crippen molar-refractivity contribution in [3.8, 4) is 5.75 Å². The highest BCUT2D eigenvalue weighted by Gasteiger charge is 2.57. The third kappa shape index (κ3) is 2.27. The zero-order chi connectivity index (χ0) is 15.9. The Morgan fingerprint density at radius 3 is 2.50 bits per heavy atom. The van der Waals surface area contributed by atoms with E-state index in [1.165, 1.54) is 19.2 Å². The molecule has 4 atom stereocenters. The van der Waals surface area contributed by atoms with Crippen molar-refractivity contribution in [2.24, 2.45) is 5.92 Å². The fourth-order valence-electron chi connectivity index (χ4n) is 3.35. The van der Waals surface area contributed by atoms with Crippen LogP contribution in [-0.4, -0.2) is 44.1 Å². The van der Waals surface area contributed by atoms with Gasteiger partial charge in [0.05, 0.1) is 30.1 Å². The molecule has 8 heteroatoms. The van der Waals surface area contributed by atoms with Crippen molar-refractivity contribution < 1.29 is 27.9 Å². The Bertz CT molecular complexity index is 671. The molecular formula is C14H17NO6S. The summed E-state index contributed by atoms with van der Waals surface area (Å²) in [5, 5.41) is 7.90. The van der Waals surface area contributed by atoms with Crippen LogP contribution >= 0.6 is 0 Å². The van der Waals surface area contributed by atoms with E-state index in [-0.39, 0.29) is 4.90 Å². The van der Waals surface area contributed by atoms with Gasteiger partial charge in [0.2, 0.25) is 0 Å². The lowest BCUT2D eigenvalue weighted by Crippen LogP contribution is -2.46. The zero-order valence-corrected chi connectivity index (χ0v) is 12.7. The molecule has 2 bridgehead atoms. The van der Waals surface area contributed by atoms with Crippen LogP contribution in [-0.2, 0) is 19.4 Å². The number of fused-ring (bicyclic) bond motifs is 2. The number of hydroxylamine groups is 1. The molecule has 1 aromatic carbocycles. The molecule has 0 aromatic heterocycles. The summed E-state index contributed by atoms with van der Waals surface area (Å²) in [4.78, 5) is 12.0. The predicted molar refractivity (Wildman–Crippen MR) is 75.3 cm³/mol. The third-order valence-corrected chi connectivity index (χ3v) is 6.61. The molecule has 1 amide bonds. The number of methoxy groups -OCH3 is 1. The first-order valence-electron chi connectivity index (χ1n) is 6.96. The van der Waals surface area contributed by atoms with Crippen LogP contribution in [0.2, 0.25) is 0 Å². The standard InChI is InChI=1S/C14H17NO6S/c1-20-8-2-4-9(5-3-8)22(18,19)13-11-7-6-10(21-11)12(13)14(16)15-17/h2-5,10-13,17H,6-7H2,1H3,(H,15,16). The SMILES string of the molecule is COc1ccc(S(=O)(=O)C2C3CCC(O3)C2C(=O)NO)cc1. The summed E-state index contributed by atoms with van der Waals surface area (Å²) < 4.78 is 36.4. The van der Waals surface area contributed by atoms with Crippen LogP contribution in [0.5, 0.6) is 5.75 Å². The average Bonchev–Trinajstić information content (AvgIpc) is 3.15. The van der Waals surface area contributed by atoms with Gasteiger partial charge in [-0.3, -0.25) is 10.0 Å². The first-order chi connectivity index (χ1) is 10.5. The molecule has 2 N–H and O–H groups in total. The molecule has 2 fully saturated rings. The highest BCUT2D eigenvalue weighted by atomic mass is 32.2. The van der Waals surface area contributed by atoms with Gasteiger partial charge in [-0.15, -0.1) is 0 Å². The van der Waals surface area contributed by atoms with E-state index in [9.17, 15) is 13.2 Å². The minimum absolute atomic E-state index is 0.116. The van der Waals surface area contributed by atoms with Crippen LogP contribution in [0.4, 0.5) is 0 Å². The van der Waals surface area contributed by atoms with Crippen molar-refractivity contribution in [3.63, 3.8) is 0 Å². The highest BCUT2D eigenvalue weighted by molar-refractivity contribution is 7.92. The van der Waals surface area contributed by atoms with E-state index in [1.807, 2.05) is 0 Å². The van der Waals surface area contributed by atoms with E-state index in [4.69, 9.17) is 14.7 Å². The van der Waals surface area contributed by atoms with Gasteiger partial charge in [0.1, 0.15) is 11.0 Å². The van der Waals surface area contributed by atoms with Gasteiger partial charge in [0.15, 0.2) is 9.84 Å². The number of carbonyl (C=O) groups is 1. The molecular weight excluding hydrogens is 310 g/mol. The largest absolute Gasteiger partial charge is 0.497 e. The molecule has 0 aliphatic carbocycles. The summed E-state index contributed by atoms with van der Waals surface area (Å²) in [5.41, 5.74) is 1.56. The molecule has 2 aliphatic rings. The van der Waals surface area contributed by atoms with Crippen LogP contribution in [0.15, 0.2) is 29.2 Å². The molecule has 2 saturated heterocycles. The molecule has 7 nitrogen and oxygen atoms in total. The van der Waals surface area contributed by atoms with E-state index in [1.54, 1.807) is 17.6 Å². The number of sulfone groups is 1. The fourth-order valence-corrected chi connectivity index (χ4v) is 5.46. The Morgan fingerprint density at radius 2 is 1.91 bits per heavy atom. The van der Waals surface area contributed by atoms with Gasteiger partial charge >= 0.3 is 0 Å². The molecule has 2 heterocycles. The Balaban J connectivity index is 1.97. The van der Waals surface area contributed by atoms with Gasteiger partial charge in [-0.1, -0.05) is 0 Å². The van der Waals surface area contributed by atoms with Crippen LogP contribution in [0.3, 0.4) is 0 Å². The van der Waals surface area contributed by atoms with Crippen LogP contribution in [0.1, 0.15) is 12.8 Å². The molecule has 4 unspecified atom stereocenters. The van der Waals surface area contributed by atoms with Crippen molar-refractivity contribution in [1.29, 1.82) is 0 Å². The topological polar surface area (TPSA) is 102 Å². The van der Waals surface area contributed by atoms with Gasteiger partial charge in [0.25, 0.3) is 5.91 Å². The van der Waals surface area contributed by atoms with Crippen LogP contribution in [0, 0.1) is 5.92 Å². The second-order valence-corrected chi connectivity index (χ2v) is 7.58. The number of rotatable bonds is 4. The number of benzene rings is 1. The van der Waals surface area contributed by atoms with E-state index in [0.717, 1.165) is 0 Å². The molecule has 22 heavy (non-hydrogen) atoms. The average molecular weight is 327 g/mol. The maximum atomic E-state index is 12.9. The van der Waals surface area contributed by atoms with Crippen molar-refractivity contribution >= 4 is 15.7 Å². The smallest absolute Gasteiger partial charge is 0.250 e. The van der Waals surface area contributed by atoms with E-state index < -0.39 is 39.1 Å². The van der Waals surface area contributed by atoms with Gasteiger partial charge in [-0.2, -0.15) is 0 Å².